The highest BCUT2D eigenvalue weighted by atomic mass is 32.2. The van der Waals surface area contributed by atoms with Gasteiger partial charge in [-0.1, -0.05) is 0 Å². The molecule has 0 spiro atoms. The van der Waals surface area contributed by atoms with E-state index in [0.717, 1.165) is 18.5 Å². The van der Waals surface area contributed by atoms with Gasteiger partial charge in [-0.05, 0) is 19.1 Å². The van der Waals surface area contributed by atoms with Crippen LogP contribution in [0.1, 0.15) is 6.92 Å². The molecule has 0 aromatic carbocycles. The van der Waals surface area contributed by atoms with Crippen LogP contribution in [0.3, 0.4) is 0 Å². The number of anilines is 1. The van der Waals surface area contributed by atoms with E-state index < -0.39 is 38.2 Å². The van der Waals surface area contributed by atoms with Crippen molar-refractivity contribution in [3.05, 3.63) is 18.3 Å². The summed E-state index contributed by atoms with van der Waals surface area (Å²) >= 11 is 0. The molecule has 20 heavy (non-hydrogen) atoms. The Kier molecular flexibility index (Phi) is 3.99. The number of halogens is 3. The summed E-state index contributed by atoms with van der Waals surface area (Å²) in [6.07, 6.45) is -3.32. The quantitative estimate of drug-likeness (QED) is 0.870. The summed E-state index contributed by atoms with van der Waals surface area (Å²) in [7, 11) is -3.86. The second kappa shape index (κ2) is 4.93. The SMILES string of the molecule is CC(Nc1ncccc1S(C)(=O)=O)(C(=O)O)C(F)(F)F. The number of hydrogen-bond acceptors (Lipinski definition) is 5. The molecular formula is C10H11F3N2O4S. The summed E-state index contributed by atoms with van der Waals surface area (Å²) in [5.74, 6) is -2.87. The fourth-order valence-electron chi connectivity index (χ4n) is 1.27. The molecule has 1 unspecified atom stereocenters. The van der Waals surface area contributed by atoms with Crippen molar-refractivity contribution in [2.75, 3.05) is 11.6 Å². The Balaban J connectivity index is 3.39. The van der Waals surface area contributed by atoms with Gasteiger partial charge < -0.3 is 10.4 Å². The molecule has 1 aromatic heterocycles. The molecule has 6 nitrogen and oxygen atoms in total. The maximum Gasteiger partial charge on any atom is 0.422 e. The fraction of sp³-hybridized carbons (Fsp3) is 0.400. The first kappa shape index (κ1) is 16.2. The lowest BCUT2D eigenvalue weighted by molar-refractivity contribution is -0.193. The summed E-state index contributed by atoms with van der Waals surface area (Å²) in [6, 6.07) is 2.25. The molecule has 1 rings (SSSR count). The van der Waals surface area contributed by atoms with E-state index in [2.05, 4.69) is 4.98 Å². The van der Waals surface area contributed by atoms with Crippen LogP contribution in [-0.2, 0) is 14.6 Å². The average Bonchev–Trinajstić information content (AvgIpc) is 2.26. The van der Waals surface area contributed by atoms with Crippen LogP contribution in [-0.4, -0.2) is 42.4 Å². The zero-order valence-electron chi connectivity index (χ0n) is 10.4. The van der Waals surface area contributed by atoms with Gasteiger partial charge in [0.25, 0.3) is 0 Å². The second-order valence-corrected chi connectivity index (χ2v) is 6.16. The van der Waals surface area contributed by atoms with Crippen molar-refractivity contribution in [3.8, 4) is 0 Å². The lowest BCUT2D eigenvalue weighted by Gasteiger charge is -2.29. The maximum absolute atomic E-state index is 12.8. The Bertz CT molecular complexity index is 630. The number of carboxylic acid groups (broad SMARTS) is 1. The van der Waals surface area contributed by atoms with E-state index >= 15 is 0 Å². The molecule has 1 heterocycles. The van der Waals surface area contributed by atoms with Crippen molar-refractivity contribution in [2.24, 2.45) is 0 Å². The van der Waals surface area contributed by atoms with Gasteiger partial charge in [0, 0.05) is 12.5 Å². The van der Waals surface area contributed by atoms with E-state index in [0.29, 0.717) is 6.92 Å². The number of hydrogen-bond donors (Lipinski definition) is 2. The predicted octanol–water partition coefficient (Wildman–Crippen LogP) is 1.30. The van der Waals surface area contributed by atoms with Gasteiger partial charge in [0.05, 0.1) is 0 Å². The number of aliphatic carboxylic acids is 1. The van der Waals surface area contributed by atoms with Gasteiger partial charge in [0.1, 0.15) is 10.7 Å². The van der Waals surface area contributed by atoms with Crippen molar-refractivity contribution < 1.29 is 31.5 Å². The first-order valence-corrected chi connectivity index (χ1v) is 7.02. The van der Waals surface area contributed by atoms with Crippen molar-refractivity contribution in [1.29, 1.82) is 0 Å². The Morgan fingerprint density at radius 3 is 2.35 bits per heavy atom. The summed E-state index contributed by atoms with van der Waals surface area (Å²) in [6.45, 7) is 0.385. The van der Waals surface area contributed by atoms with Crippen LogP contribution < -0.4 is 5.32 Å². The number of carboxylic acids is 1. The third-order valence-electron chi connectivity index (χ3n) is 2.53. The number of pyridine rings is 1. The highest BCUT2D eigenvalue weighted by Crippen LogP contribution is 2.34. The third kappa shape index (κ3) is 3.00. The number of nitrogens with zero attached hydrogens (tertiary/aromatic N) is 1. The van der Waals surface area contributed by atoms with E-state index in [4.69, 9.17) is 5.11 Å². The van der Waals surface area contributed by atoms with Crippen molar-refractivity contribution >= 4 is 21.6 Å². The number of carbonyl (C=O) groups is 1. The minimum atomic E-state index is -5.15. The third-order valence-corrected chi connectivity index (χ3v) is 3.66. The zero-order valence-corrected chi connectivity index (χ0v) is 11.2. The molecule has 2 N–H and O–H groups in total. The smallest absolute Gasteiger partial charge is 0.422 e. The number of sulfone groups is 1. The molecule has 0 saturated carbocycles. The maximum atomic E-state index is 12.8. The standard InChI is InChI=1S/C10H11F3N2O4S/c1-9(8(16)17,10(11,12)13)15-7-6(20(2,18)19)4-3-5-14-7/h3-5H,1-2H3,(H,14,15)(H,16,17). The van der Waals surface area contributed by atoms with Crippen LogP contribution in [0, 0.1) is 0 Å². The Morgan fingerprint density at radius 1 is 1.40 bits per heavy atom. The topological polar surface area (TPSA) is 96.4 Å². The molecule has 10 heteroatoms. The Morgan fingerprint density at radius 2 is 1.95 bits per heavy atom. The van der Waals surface area contributed by atoms with Crippen molar-refractivity contribution in [1.82, 2.24) is 4.98 Å². The molecule has 1 atom stereocenters. The predicted molar refractivity (Wildman–Crippen MR) is 63.1 cm³/mol. The highest BCUT2D eigenvalue weighted by molar-refractivity contribution is 7.90. The van der Waals surface area contributed by atoms with E-state index in [1.54, 1.807) is 5.32 Å². The van der Waals surface area contributed by atoms with Crippen LogP contribution >= 0.6 is 0 Å². The average molecular weight is 312 g/mol. The van der Waals surface area contributed by atoms with Gasteiger partial charge in [-0.15, -0.1) is 0 Å². The zero-order chi connectivity index (χ0) is 15.8. The van der Waals surface area contributed by atoms with Crippen LogP contribution in [0.15, 0.2) is 23.2 Å². The highest BCUT2D eigenvalue weighted by Gasteiger charge is 2.58. The van der Waals surface area contributed by atoms with Crippen LogP contribution in [0.2, 0.25) is 0 Å². The first-order valence-electron chi connectivity index (χ1n) is 5.13. The van der Waals surface area contributed by atoms with Gasteiger partial charge in [-0.25, -0.2) is 18.2 Å². The summed E-state index contributed by atoms with van der Waals surface area (Å²) in [4.78, 5) is 13.8. The molecule has 0 saturated heterocycles. The van der Waals surface area contributed by atoms with Crippen LogP contribution in [0.25, 0.3) is 0 Å². The van der Waals surface area contributed by atoms with Gasteiger partial charge in [0.15, 0.2) is 9.84 Å². The molecule has 0 aliphatic rings. The Labute approximate surface area is 112 Å². The molecule has 0 aliphatic heterocycles. The monoisotopic (exact) mass is 312 g/mol. The fourth-order valence-corrected chi connectivity index (χ4v) is 2.05. The van der Waals surface area contributed by atoms with Crippen LogP contribution in [0.5, 0.6) is 0 Å². The largest absolute Gasteiger partial charge is 0.479 e. The Hall–Kier alpha value is -1.84. The number of alkyl halides is 3. The minimum absolute atomic E-state index is 0.385. The summed E-state index contributed by atoms with van der Waals surface area (Å²) in [5.41, 5.74) is -3.36. The van der Waals surface area contributed by atoms with Gasteiger partial charge in [0.2, 0.25) is 5.54 Å². The second-order valence-electron chi connectivity index (χ2n) is 4.18. The molecule has 0 aliphatic carbocycles. The van der Waals surface area contributed by atoms with Gasteiger partial charge in [-0.2, -0.15) is 13.2 Å². The number of nitrogens with one attached hydrogen (secondary N) is 1. The van der Waals surface area contributed by atoms with E-state index in [9.17, 15) is 26.4 Å². The normalized spacial score (nSPS) is 15.4. The molecule has 0 radical (unpaired) electrons. The molecular weight excluding hydrogens is 301 g/mol. The molecule has 0 bridgehead atoms. The molecule has 1 aromatic rings. The van der Waals surface area contributed by atoms with E-state index in [1.807, 2.05) is 0 Å². The lowest BCUT2D eigenvalue weighted by atomic mass is 10.0. The first-order chi connectivity index (χ1) is 8.89. The van der Waals surface area contributed by atoms with E-state index in [-0.39, 0.29) is 0 Å². The molecule has 0 fully saturated rings. The minimum Gasteiger partial charge on any atom is -0.479 e. The van der Waals surface area contributed by atoms with Crippen LogP contribution in [0.4, 0.5) is 19.0 Å². The van der Waals surface area contributed by atoms with Gasteiger partial charge >= 0.3 is 12.1 Å². The van der Waals surface area contributed by atoms with Gasteiger partial charge in [-0.3, -0.25) is 0 Å². The number of aromatic nitrogens is 1. The summed E-state index contributed by atoms with van der Waals surface area (Å²) in [5, 5.41) is 10.4. The van der Waals surface area contributed by atoms with Crippen molar-refractivity contribution in [2.45, 2.75) is 23.5 Å². The van der Waals surface area contributed by atoms with E-state index in [1.165, 1.54) is 6.07 Å². The van der Waals surface area contributed by atoms with Crippen molar-refractivity contribution in [3.63, 3.8) is 0 Å². The number of rotatable bonds is 4. The lowest BCUT2D eigenvalue weighted by Crippen LogP contribution is -2.56. The summed E-state index contributed by atoms with van der Waals surface area (Å²) < 4.78 is 61.4. The molecule has 0 amide bonds. The molecule has 112 valence electrons.